The Labute approximate surface area is 176 Å². The van der Waals surface area contributed by atoms with Crippen LogP contribution in [0.5, 0.6) is 0 Å². The van der Waals surface area contributed by atoms with Crippen LogP contribution in [-0.2, 0) is 26.2 Å². The Bertz CT molecular complexity index is 657. The van der Waals surface area contributed by atoms with Gasteiger partial charge in [-0.25, -0.2) is 0 Å². The molecule has 2 rings (SSSR count). The Morgan fingerprint density at radius 3 is 2.55 bits per heavy atom. The standard InChI is InChI=1S/C18H24O3.C7H14O/c1-18(2)11-9-16(19)10-12-21-17(20)8-4-6-14-5-3-7-15(18)13-14;1-3-5-7(4-2)6-8/h3,5,7,13H,4,6,8-12H2,1-2H3;3,5,7-8H,4,6H2,1-2H3/b;5-3+. The molecule has 0 aliphatic carbocycles. The van der Waals surface area contributed by atoms with Crippen molar-refractivity contribution in [1.82, 2.24) is 0 Å². The summed E-state index contributed by atoms with van der Waals surface area (Å²) in [7, 11) is 0. The Morgan fingerprint density at radius 2 is 1.93 bits per heavy atom. The molecule has 1 N–H and O–H groups in total. The molecule has 1 unspecified atom stereocenters. The van der Waals surface area contributed by atoms with E-state index in [0.29, 0.717) is 25.2 Å². The number of benzene rings is 1. The molecule has 162 valence electrons. The number of Topliss-reactive ketones (excluding diaryl/α,β-unsaturated/α-hetero) is 1. The lowest BCUT2D eigenvalue weighted by molar-refractivity contribution is -0.144. The molecule has 0 amide bonds. The van der Waals surface area contributed by atoms with Crippen molar-refractivity contribution in [3.05, 3.63) is 47.5 Å². The smallest absolute Gasteiger partial charge is 0.305 e. The minimum absolute atomic E-state index is 0.00748. The molecule has 1 atom stereocenters. The molecule has 1 heterocycles. The van der Waals surface area contributed by atoms with Gasteiger partial charge in [0.25, 0.3) is 0 Å². The number of rotatable bonds is 3. The zero-order valence-corrected chi connectivity index (χ0v) is 18.6. The second-order valence-electron chi connectivity index (χ2n) is 8.32. The number of hydrogen-bond donors (Lipinski definition) is 1. The molecule has 0 saturated heterocycles. The van der Waals surface area contributed by atoms with Gasteiger partial charge in [0.2, 0.25) is 0 Å². The molecule has 29 heavy (non-hydrogen) atoms. The summed E-state index contributed by atoms with van der Waals surface area (Å²) in [5.41, 5.74) is 2.51. The summed E-state index contributed by atoms with van der Waals surface area (Å²) < 4.78 is 5.10. The fourth-order valence-corrected chi connectivity index (χ4v) is 3.25. The Kier molecular flexibility index (Phi) is 11.5. The number of aryl methyl sites for hydroxylation is 1. The highest BCUT2D eigenvalue weighted by Gasteiger charge is 2.22. The molecule has 1 aromatic carbocycles. The van der Waals surface area contributed by atoms with Gasteiger partial charge in [0, 0.05) is 25.9 Å². The molecular weight excluding hydrogens is 364 g/mol. The lowest BCUT2D eigenvalue weighted by Crippen LogP contribution is -2.20. The van der Waals surface area contributed by atoms with E-state index < -0.39 is 0 Å². The van der Waals surface area contributed by atoms with Gasteiger partial charge in [-0.2, -0.15) is 0 Å². The van der Waals surface area contributed by atoms with Gasteiger partial charge in [0.05, 0.1) is 6.61 Å². The lowest BCUT2D eigenvalue weighted by atomic mass is 9.79. The summed E-state index contributed by atoms with van der Waals surface area (Å²) in [6, 6.07) is 8.51. The number of cyclic esters (lactones) is 1. The molecule has 2 bridgehead atoms. The summed E-state index contributed by atoms with van der Waals surface area (Å²) in [6.07, 6.45) is 8.82. The summed E-state index contributed by atoms with van der Waals surface area (Å²) in [5.74, 6) is 0.348. The molecule has 0 saturated carbocycles. The molecule has 0 radical (unpaired) electrons. The van der Waals surface area contributed by atoms with Crippen LogP contribution in [0, 0.1) is 5.92 Å². The summed E-state index contributed by atoms with van der Waals surface area (Å²) in [5, 5.41) is 8.61. The van der Waals surface area contributed by atoms with Gasteiger partial charge in [0.1, 0.15) is 5.78 Å². The van der Waals surface area contributed by atoms with Crippen molar-refractivity contribution in [2.24, 2.45) is 5.92 Å². The van der Waals surface area contributed by atoms with Crippen molar-refractivity contribution in [3.63, 3.8) is 0 Å². The van der Waals surface area contributed by atoms with Crippen LogP contribution in [0.2, 0.25) is 0 Å². The molecule has 0 spiro atoms. The van der Waals surface area contributed by atoms with Crippen molar-refractivity contribution in [2.45, 2.75) is 78.1 Å². The number of carbonyl (C=O) groups is 2. The molecule has 4 heteroatoms. The van der Waals surface area contributed by atoms with Crippen LogP contribution in [0.4, 0.5) is 0 Å². The minimum atomic E-state index is -0.198. The van der Waals surface area contributed by atoms with Gasteiger partial charge in [-0.3, -0.25) is 9.59 Å². The van der Waals surface area contributed by atoms with Crippen molar-refractivity contribution < 1.29 is 19.4 Å². The van der Waals surface area contributed by atoms with Gasteiger partial charge in [0.15, 0.2) is 0 Å². The van der Waals surface area contributed by atoms with Crippen LogP contribution < -0.4 is 0 Å². The number of aliphatic hydroxyl groups is 1. The molecule has 0 fully saturated rings. The van der Waals surface area contributed by atoms with Gasteiger partial charge in [-0.05, 0) is 55.1 Å². The summed E-state index contributed by atoms with van der Waals surface area (Å²) >= 11 is 0. The fourth-order valence-electron chi connectivity index (χ4n) is 3.25. The topological polar surface area (TPSA) is 63.6 Å². The Morgan fingerprint density at radius 1 is 1.17 bits per heavy atom. The maximum atomic E-state index is 11.9. The Balaban J connectivity index is 0.000000447. The SMILES string of the molecule is C/C=C/C(CC)CO.CC1(C)CCC(=O)CCOC(=O)CCCc2cccc1c2. The van der Waals surface area contributed by atoms with Crippen LogP contribution in [-0.4, -0.2) is 30.1 Å². The van der Waals surface area contributed by atoms with E-state index >= 15 is 0 Å². The van der Waals surface area contributed by atoms with Gasteiger partial charge >= 0.3 is 5.97 Å². The highest BCUT2D eigenvalue weighted by atomic mass is 16.5. The first kappa shape index (κ1) is 25.1. The van der Waals surface area contributed by atoms with Crippen LogP contribution in [0.25, 0.3) is 0 Å². The van der Waals surface area contributed by atoms with E-state index in [-0.39, 0.29) is 30.4 Å². The third kappa shape index (κ3) is 9.89. The van der Waals surface area contributed by atoms with E-state index in [1.54, 1.807) is 0 Å². The average Bonchev–Trinajstić information content (AvgIpc) is 2.71. The predicted molar refractivity (Wildman–Crippen MR) is 118 cm³/mol. The van der Waals surface area contributed by atoms with Gasteiger partial charge in [-0.1, -0.05) is 57.2 Å². The number of hydrogen-bond acceptors (Lipinski definition) is 4. The fraction of sp³-hybridized carbons (Fsp3) is 0.600. The monoisotopic (exact) mass is 402 g/mol. The van der Waals surface area contributed by atoms with Crippen LogP contribution in [0.15, 0.2) is 36.4 Å². The first-order valence-corrected chi connectivity index (χ1v) is 10.8. The molecular formula is C25H38O4. The molecule has 1 aliphatic heterocycles. The number of aliphatic hydroxyl groups excluding tert-OH is 1. The number of ketones is 1. The third-order valence-electron chi connectivity index (χ3n) is 5.45. The summed E-state index contributed by atoms with van der Waals surface area (Å²) in [6.45, 7) is 8.92. The molecule has 0 aromatic heterocycles. The molecule has 1 aliphatic rings. The van der Waals surface area contributed by atoms with Crippen molar-refractivity contribution >= 4 is 11.8 Å². The largest absolute Gasteiger partial charge is 0.465 e. The maximum Gasteiger partial charge on any atom is 0.305 e. The van der Waals surface area contributed by atoms with E-state index in [4.69, 9.17) is 9.84 Å². The van der Waals surface area contributed by atoms with Crippen molar-refractivity contribution in [3.8, 4) is 0 Å². The first-order chi connectivity index (χ1) is 13.8. The number of allylic oxidation sites excluding steroid dienone is 1. The molecule has 1 aromatic rings. The predicted octanol–water partition coefficient (Wildman–Crippen LogP) is 5.16. The highest BCUT2D eigenvalue weighted by Crippen LogP contribution is 2.29. The van der Waals surface area contributed by atoms with E-state index in [1.165, 1.54) is 11.1 Å². The molecule has 4 nitrogen and oxygen atoms in total. The zero-order valence-electron chi connectivity index (χ0n) is 18.6. The van der Waals surface area contributed by atoms with E-state index in [2.05, 4.69) is 45.0 Å². The number of ether oxygens (including phenoxy) is 1. The second kappa shape index (κ2) is 13.3. The van der Waals surface area contributed by atoms with Crippen LogP contribution >= 0.6 is 0 Å². The first-order valence-electron chi connectivity index (χ1n) is 10.8. The van der Waals surface area contributed by atoms with Gasteiger partial charge in [-0.15, -0.1) is 0 Å². The number of carbonyl (C=O) groups excluding carboxylic acids is 2. The third-order valence-corrected chi connectivity index (χ3v) is 5.45. The Hall–Kier alpha value is -1.94. The van der Waals surface area contributed by atoms with E-state index in [1.807, 2.05) is 19.1 Å². The van der Waals surface area contributed by atoms with E-state index in [0.717, 1.165) is 25.7 Å². The maximum absolute atomic E-state index is 11.9. The van der Waals surface area contributed by atoms with Crippen molar-refractivity contribution in [2.75, 3.05) is 13.2 Å². The lowest BCUT2D eigenvalue weighted by Gasteiger charge is -2.26. The van der Waals surface area contributed by atoms with E-state index in [9.17, 15) is 9.59 Å². The van der Waals surface area contributed by atoms with Crippen molar-refractivity contribution in [1.29, 1.82) is 0 Å². The number of fused-ring (bicyclic) bond motifs is 2. The van der Waals surface area contributed by atoms with Gasteiger partial charge < -0.3 is 9.84 Å². The average molecular weight is 403 g/mol. The minimum Gasteiger partial charge on any atom is -0.465 e. The highest BCUT2D eigenvalue weighted by molar-refractivity contribution is 5.79. The number of esters is 1. The second-order valence-corrected chi connectivity index (χ2v) is 8.32. The zero-order chi connectivity index (χ0) is 21.7. The van der Waals surface area contributed by atoms with Crippen LogP contribution in [0.1, 0.15) is 77.3 Å². The van der Waals surface area contributed by atoms with Crippen LogP contribution in [0.3, 0.4) is 0 Å². The quantitative estimate of drug-likeness (QED) is 0.560. The summed E-state index contributed by atoms with van der Waals surface area (Å²) in [4.78, 5) is 23.4. The normalized spacial score (nSPS) is 18.9.